The van der Waals surface area contributed by atoms with E-state index in [1.54, 1.807) is 32.4 Å². The van der Waals surface area contributed by atoms with E-state index >= 15 is 0 Å². The third-order valence-corrected chi connectivity index (χ3v) is 5.16. The predicted molar refractivity (Wildman–Crippen MR) is 109 cm³/mol. The molecule has 7 heteroatoms. The first kappa shape index (κ1) is 20.5. The molecule has 28 heavy (non-hydrogen) atoms. The Kier molecular flexibility index (Phi) is 7.17. The fourth-order valence-corrected chi connectivity index (χ4v) is 3.53. The van der Waals surface area contributed by atoms with Gasteiger partial charge in [-0.05, 0) is 64.7 Å². The molecule has 3 rings (SSSR count). The van der Waals surface area contributed by atoms with Crippen molar-refractivity contribution in [2.45, 2.75) is 25.5 Å². The molecule has 150 valence electrons. The van der Waals surface area contributed by atoms with Gasteiger partial charge in [0.2, 0.25) is 0 Å². The second-order valence-corrected chi connectivity index (χ2v) is 7.32. The average Bonchev–Trinajstić information content (AvgIpc) is 3.24. The van der Waals surface area contributed by atoms with Gasteiger partial charge in [-0.1, -0.05) is 6.07 Å². The number of carbonyl (C=O) groups is 1. The molecule has 1 aliphatic rings. The molecule has 1 aliphatic heterocycles. The normalized spacial score (nSPS) is 15.9. The molecule has 1 atom stereocenters. The van der Waals surface area contributed by atoms with E-state index < -0.39 is 0 Å². The van der Waals surface area contributed by atoms with Gasteiger partial charge in [-0.15, -0.1) is 0 Å². The van der Waals surface area contributed by atoms with E-state index in [0.29, 0.717) is 36.0 Å². The molecular weight excluding hydrogens is 426 g/mol. The summed E-state index contributed by atoms with van der Waals surface area (Å²) >= 11 is 3.39. The van der Waals surface area contributed by atoms with E-state index in [9.17, 15) is 4.79 Å². The van der Waals surface area contributed by atoms with Crippen molar-refractivity contribution in [1.29, 1.82) is 0 Å². The van der Waals surface area contributed by atoms with Gasteiger partial charge < -0.3 is 24.3 Å². The van der Waals surface area contributed by atoms with Crippen molar-refractivity contribution < 1.29 is 23.7 Å². The Morgan fingerprint density at radius 2 is 1.93 bits per heavy atom. The fraction of sp³-hybridized carbons (Fsp3) is 0.381. The number of carbonyl (C=O) groups excluding carboxylic acids is 1. The highest BCUT2D eigenvalue weighted by molar-refractivity contribution is 9.10. The summed E-state index contributed by atoms with van der Waals surface area (Å²) in [7, 11) is 3.19. The number of nitrogens with one attached hydrogen (secondary N) is 1. The van der Waals surface area contributed by atoms with Gasteiger partial charge in [0.1, 0.15) is 12.4 Å². The Hall–Kier alpha value is -2.25. The van der Waals surface area contributed by atoms with E-state index in [-0.39, 0.29) is 12.0 Å². The standard InChI is InChI=1S/C21H24BrNO5/c1-25-18-8-6-15(11-17(18)22)21(24)23-12-14-5-7-19(20(10-14)26-2)28-13-16-4-3-9-27-16/h5-8,10-11,16H,3-4,9,12-13H2,1-2H3,(H,23,24). The maximum Gasteiger partial charge on any atom is 0.251 e. The summed E-state index contributed by atoms with van der Waals surface area (Å²) < 4.78 is 22.8. The molecule has 0 aromatic heterocycles. The number of rotatable bonds is 8. The molecule has 1 amide bonds. The lowest BCUT2D eigenvalue weighted by molar-refractivity contribution is 0.0669. The van der Waals surface area contributed by atoms with Crippen molar-refractivity contribution in [3.8, 4) is 17.2 Å². The molecule has 6 nitrogen and oxygen atoms in total. The summed E-state index contributed by atoms with van der Waals surface area (Å²) in [5.41, 5.74) is 1.47. The Morgan fingerprint density at radius 1 is 1.14 bits per heavy atom. The van der Waals surface area contributed by atoms with Gasteiger partial charge in [0.15, 0.2) is 11.5 Å². The van der Waals surface area contributed by atoms with Crippen LogP contribution in [-0.2, 0) is 11.3 Å². The van der Waals surface area contributed by atoms with Crippen LogP contribution in [0.3, 0.4) is 0 Å². The minimum atomic E-state index is -0.166. The number of benzene rings is 2. The molecule has 0 bridgehead atoms. The zero-order valence-corrected chi connectivity index (χ0v) is 17.6. The third-order valence-electron chi connectivity index (χ3n) is 4.54. The van der Waals surface area contributed by atoms with Crippen LogP contribution in [0, 0.1) is 0 Å². The molecule has 1 N–H and O–H groups in total. The molecule has 0 aliphatic carbocycles. The Labute approximate surface area is 173 Å². The summed E-state index contributed by atoms with van der Waals surface area (Å²) in [6, 6.07) is 10.9. The van der Waals surface area contributed by atoms with Crippen molar-refractivity contribution >= 4 is 21.8 Å². The summed E-state index contributed by atoms with van der Waals surface area (Å²) in [5.74, 6) is 1.82. The lowest BCUT2D eigenvalue weighted by atomic mass is 10.1. The zero-order valence-electron chi connectivity index (χ0n) is 16.0. The molecule has 1 unspecified atom stereocenters. The van der Waals surface area contributed by atoms with E-state index in [4.69, 9.17) is 18.9 Å². The molecule has 2 aromatic carbocycles. The van der Waals surface area contributed by atoms with Crippen LogP contribution in [0.1, 0.15) is 28.8 Å². The van der Waals surface area contributed by atoms with E-state index in [1.807, 2.05) is 18.2 Å². The summed E-state index contributed by atoms with van der Waals surface area (Å²) in [5, 5.41) is 2.91. The number of ether oxygens (including phenoxy) is 4. The maximum atomic E-state index is 12.4. The highest BCUT2D eigenvalue weighted by Gasteiger charge is 2.17. The van der Waals surface area contributed by atoms with E-state index in [0.717, 1.165) is 29.5 Å². The van der Waals surface area contributed by atoms with Crippen molar-refractivity contribution in [1.82, 2.24) is 5.32 Å². The lowest BCUT2D eigenvalue weighted by Crippen LogP contribution is -2.22. The third kappa shape index (κ3) is 5.17. The van der Waals surface area contributed by atoms with Crippen LogP contribution in [0.25, 0.3) is 0 Å². The fourth-order valence-electron chi connectivity index (χ4n) is 2.99. The van der Waals surface area contributed by atoms with Crippen molar-refractivity contribution in [2.75, 3.05) is 27.4 Å². The van der Waals surface area contributed by atoms with Crippen LogP contribution in [0.4, 0.5) is 0 Å². The Morgan fingerprint density at radius 3 is 2.61 bits per heavy atom. The predicted octanol–water partition coefficient (Wildman–Crippen LogP) is 3.95. The molecular formula is C21H24BrNO5. The van der Waals surface area contributed by atoms with Gasteiger partial charge in [-0.2, -0.15) is 0 Å². The molecule has 0 spiro atoms. The van der Waals surface area contributed by atoms with Gasteiger partial charge in [0, 0.05) is 18.7 Å². The largest absolute Gasteiger partial charge is 0.496 e. The zero-order chi connectivity index (χ0) is 19.9. The van der Waals surface area contributed by atoms with Gasteiger partial charge in [-0.25, -0.2) is 0 Å². The van der Waals surface area contributed by atoms with Crippen LogP contribution < -0.4 is 19.5 Å². The van der Waals surface area contributed by atoms with Crippen LogP contribution in [-0.4, -0.2) is 39.4 Å². The minimum absolute atomic E-state index is 0.146. The second-order valence-electron chi connectivity index (χ2n) is 6.46. The number of halogens is 1. The van der Waals surface area contributed by atoms with Crippen molar-refractivity contribution in [3.05, 3.63) is 52.0 Å². The van der Waals surface area contributed by atoms with Gasteiger partial charge in [-0.3, -0.25) is 4.79 Å². The van der Waals surface area contributed by atoms with Gasteiger partial charge in [0.25, 0.3) is 5.91 Å². The molecule has 0 saturated carbocycles. The first-order chi connectivity index (χ1) is 13.6. The monoisotopic (exact) mass is 449 g/mol. The number of amides is 1. The molecule has 1 fully saturated rings. The topological polar surface area (TPSA) is 66.0 Å². The second kappa shape index (κ2) is 9.80. The molecule has 0 radical (unpaired) electrons. The van der Waals surface area contributed by atoms with Crippen molar-refractivity contribution in [2.24, 2.45) is 0 Å². The smallest absolute Gasteiger partial charge is 0.251 e. The Bertz CT molecular complexity index is 820. The van der Waals surface area contributed by atoms with E-state index in [1.165, 1.54) is 0 Å². The summed E-state index contributed by atoms with van der Waals surface area (Å²) in [6.45, 7) is 1.69. The molecule has 2 aromatic rings. The quantitative estimate of drug-likeness (QED) is 0.660. The highest BCUT2D eigenvalue weighted by atomic mass is 79.9. The first-order valence-corrected chi connectivity index (χ1v) is 9.93. The maximum absolute atomic E-state index is 12.4. The number of methoxy groups -OCH3 is 2. The van der Waals surface area contributed by atoms with Crippen LogP contribution in [0.5, 0.6) is 17.2 Å². The Balaban J connectivity index is 1.59. The van der Waals surface area contributed by atoms with Crippen LogP contribution >= 0.6 is 15.9 Å². The lowest BCUT2D eigenvalue weighted by Gasteiger charge is -2.15. The van der Waals surface area contributed by atoms with Crippen molar-refractivity contribution in [3.63, 3.8) is 0 Å². The summed E-state index contributed by atoms with van der Waals surface area (Å²) in [6.07, 6.45) is 2.25. The summed E-state index contributed by atoms with van der Waals surface area (Å²) in [4.78, 5) is 12.4. The highest BCUT2D eigenvalue weighted by Crippen LogP contribution is 2.29. The molecule has 1 heterocycles. The van der Waals surface area contributed by atoms with Crippen LogP contribution in [0.2, 0.25) is 0 Å². The molecule has 1 saturated heterocycles. The van der Waals surface area contributed by atoms with E-state index in [2.05, 4.69) is 21.2 Å². The van der Waals surface area contributed by atoms with Gasteiger partial charge >= 0.3 is 0 Å². The minimum Gasteiger partial charge on any atom is -0.496 e. The average molecular weight is 450 g/mol. The SMILES string of the molecule is COc1ccc(C(=O)NCc2ccc(OCC3CCCO3)c(OC)c2)cc1Br. The number of hydrogen-bond donors (Lipinski definition) is 1. The van der Waals surface area contributed by atoms with Crippen LogP contribution in [0.15, 0.2) is 40.9 Å². The number of hydrogen-bond acceptors (Lipinski definition) is 5. The van der Waals surface area contributed by atoms with Gasteiger partial charge in [0.05, 0.1) is 24.8 Å². The first-order valence-electron chi connectivity index (χ1n) is 9.13.